The summed E-state index contributed by atoms with van der Waals surface area (Å²) in [6.07, 6.45) is -0.186. The third-order valence-electron chi connectivity index (χ3n) is 4.25. The summed E-state index contributed by atoms with van der Waals surface area (Å²) < 4.78 is 14.9. The van der Waals surface area contributed by atoms with Crippen LogP contribution in [-0.4, -0.2) is 44.2 Å². The molecule has 0 aliphatic heterocycles. The van der Waals surface area contributed by atoms with Crippen LogP contribution in [0.1, 0.15) is 18.9 Å². The van der Waals surface area contributed by atoms with Gasteiger partial charge in [0.1, 0.15) is 11.0 Å². The van der Waals surface area contributed by atoms with E-state index in [0.29, 0.717) is 6.42 Å². The highest BCUT2D eigenvalue weighted by molar-refractivity contribution is 5.74. The zero-order chi connectivity index (χ0) is 17.2. The first kappa shape index (κ1) is 15.7. The fourth-order valence-electron chi connectivity index (χ4n) is 2.96. The van der Waals surface area contributed by atoms with Crippen LogP contribution in [0.3, 0.4) is 0 Å². The lowest BCUT2D eigenvalue weighted by atomic mass is 10.2. The first-order chi connectivity index (χ1) is 12.3. The minimum absolute atomic E-state index is 0.347. The van der Waals surface area contributed by atoms with Crippen LogP contribution in [0.15, 0.2) is 48.5 Å². The van der Waals surface area contributed by atoms with Gasteiger partial charge < -0.3 is 9.47 Å². The topological polar surface area (TPSA) is 79.9 Å². The van der Waals surface area contributed by atoms with Crippen LogP contribution in [0.25, 0.3) is 22.1 Å². The Morgan fingerprint density at radius 2 is 1.20 bits per heavy atom. The van der Waals surface area contributed by atoms with Gasteiger partial charge in [-0.3, -0.25) is 0 Å². The zero-order valence-electron chi connectivity index (χ0n) is 14.0. The molecule has 0 aliphatic rings. The van der Waals surface area contributed by atoms with E-state index in [2.05, 4.69) is 20.6 Å². The molecule has 0 N–H and O–H groups in total. The molecule has 2 unspecified atom stereocenters. The largest absolute Gasteiger partial charge is 0.359 e. The Morgan fingerprint density at radius 3 is 1.64 bits per heavy atom. The Hall–Kier alpha value is -2.84. The van der Waals surface area contributed by atoms with Crippen molar-refractivity contribution in [1.29, 1.82) is 0 Å². The minimum atomic E-state index is -0.347. The summed E-state index contributed by atoms with van der Waals surface area (Å²) in [5, 5.41) is 16.9. The second-order valence-corrected chi connectivity index (χ2v) is 5.66. The maximum Gasteiger partial charge on any atom is 0.156 e. The van der Waals surface area contributed by atoms with Crippen LogP contribution >= 0.6 is 0 Å². The van der Waals surface area contributed by atoms with E-state index in [9.17, 15) is 0 Å². The first-order valence-electron chi connectivity index (χ1n) is 7.97. The summed E-state index contributed by atoms with van der Waals surface area (Å²) in [5.74, 6) is 0. The molecule has 4 rings (SSSR count). The number of para-hydroxylation sites is 2. The van der Waals surface area contributed by atoms with Crippen LogP contribution in [0.5, 0.6) is 0 Å². The Balaban J connectivity index is 1.68. The Labute approximate surface area is 143 Å². The van der Waals surface area contributed by atoms with Gasteiger partial charge in [0.25, 0.3) is 0 Å². The third kappa shape index (κ3) is 2.75. The molecule has 8 nitrogen and oxygen atoms in total. The van der Waals surface area contributed by atoms with Gasteiger partial charge in [-0.1, -0.05) is 34.7 Å². The SMILES string of the molecule is COC(CC(OC)n1nnc2ccccc21)n1nnc2ccccc21. The molecule has 2 aromatic heterocycles. The van der Waals surface area contributed by atoms with Crippen molar-refractivity contribution in [2.24, 2.45) is 0 Å². The molecule has 0 radical (unpaired) electrons. The first-order valence-corrected chi connectivity index (χ1v) is 7.97. The number of nitrogens with zero attached hydrogens (tertiary/aromatic N) is 6. The number of hydrogen-bond donors (Lipinski definition) is 0. The summed E-state index contributed by atoms with van der Waals surface area (Å²) in [6, 6.07) is 15.5. The van der Waals surface area contributed by atoms with Crippen molar-refractivity contribution in [2.75, 3.05) is 14.2 Å². The van der Waals surface area contributed by atoms with Gasteiger partial charge in [0.2, 0.25) is 0 Å². The van der Waals surface area contributed by atoms with Crippen molar-refractivity contribution in [3.05, 3.63) is 48.5 Å². The number of fused-ring (bicyclic) bond motifs is 2. The average Bonchev–Trinajstić information content (AvgIpc) is 3.28. The summed E-state index contributed by atoms with van der Waals surface area (Å²) in [4.78, 5) is 0. The summed E-state index contributed by atoms with van der Waals surface area (Å²) in [5.41, 5.74) is 3.47. The summed E-state index contributed by atoms with van der Waals surface area (Å²) in [6.45, 7) is 0. The molecule has 0 amide bonds. The number of benzene rings is 2. The Kier molecular flexibility index (Phi) is 4.12. The average molecular weight is 338 g/mol. The van der Waals surface area contributed by atoms with Crippen LogP contribution in [0.2, 0.25) is 0 Å². The zero-order valence-corrected chi connectivity index (χ0v) is 14.0. The van der Waals surface area contributed by atoms with E-state index in [1.807, 2.05) is 48.5 Å². The number of ether oxygens (including phenoxy) is 2. The number of hydrogen-bond acceptors (Lipinski definition) is 6. The highest BCUT2D eigenvalue weighted by atomic mass is 16.5. The van der Waals surface area contributed by atoms with Gasteiger partial charge in [-0.2, -0.15) is 0 Å². The molecule has 8 heteroatoms. The molecular formula is C17H18N6O2. The minimum Gasteiger partial charge on any atom is -0.359 e. The van der Waals surface area contributed by atoms with Crippen molar-refractivity contribution in [1.82, 2.24) is 30.0 Å². The third-order valence-corrected chi connectivity index (χ3v) is 4.25. The molecule has 4 aromatic rings. The van der Waals surface area contributed by atoms with E-state index in [-0.39, 0.29) is 12.5 Å². The predicted octanol–water partition coefficient (Wildman–Crippen LogP) is 2.56. The van der Waals surface area contributed by atoms with E-state index in [4.69, 9.17) is 9.47 Å². The summed E-state index contributed by atoms with van der Waals surface area (Å²) in [7, 11) is 3.29. The van der Waals surface area contributed by atoms with Gasteiger partial charge >= 0.3 is 0 Å². The van der Waals surface area contributed by atoms with Crippen molar-refractivity contribution < 1.29 is 9.47 Å². The Morgan fingerprint density at radius 1 is 0.760 bits per heavy atom. The molecule has 25 heavy (non-hydrogen) atoms. The predicted molar refractivity (Wildman–Crippen MR) is 91.8 cm³/mol. The molecule has 2 aromatic carbocycles. The smallest absolute Gasteiger partial charge is 0.156 e. The van der Waals surface area contributed by atoms with Gasteiger partial charge in [0, 0.05) is 20.6 Å². The summed E-state index contributed by atoms with van der Waals surface area (Å²) >= 11 is 0. The van der Waals surface area contributed by atoms with Gasteiger partial charge in [0.05, 0.1) is 11.0 Å². The Bertz CT molecular complexity index is 915. The van der Waals surface area contributed by atoms with E-state index in [1.54, 1.807) is 23.6 Å². The van der Waals surface area contributed by atoms with Crippen molar-refractivity contribution in [2.45, 2.75) is 18.9 Å². The number of rotatable bonds is 6. The molecule has 0 saturated carbocycles. The van der Waals surface area contributed by atoms with Gasteiger partial charge in [-0.15, -0.1) is 10.2 Å². The van der Waals surface area contributed by atoms with Crippen LogP contribution in [-0.2, 0) is 9.47 Å². The molecule has 128 valence electrons. The van der Waals surface area contributed by atoms with E-state index in [1.165, 1.54) is 0 Å². The van der Waals surface area contributed by atoms with Crippen LogP contribution in [0, 0.1) is 0 Å². The van der Waals surface area contributed by atoms with Crippen molar-refractivity contribution >= 4 is 22.1 Å². The molecule has 2 atom stereocenters. The molecule has 0 bridgehead atoms. The fourth-order valence-corrected chi connectivity index (χ4v) is 2.96. The van der Waals surface area contributed by atoms with E-state index < -0.39 is 0 Å². The fraction of sp³-hybridized carbons (Fsp3) is 0.294. The van der Waals surface area contributed by atoms with Crippen LogP contribution in [0.4, 0.5) is 0 Å². The maximum atomic E-state index is 5.66. The van der Waals surface area contributed by atoms with Crippen molar-refractivity contribution in [3.8, 4) is 0 Å². The highest BCUT2D eigenvalue weighted by Crippen LogP contribution is 2.27. The van der Waals surface area contributed by atoms with Gasteiger partial charge in [-0.05, 0) is 24.3 Å². The standard InChI is InChI=1S/C17H18N6O2/c1-24-16(22-14-9-5-3-7-12(14)18-20-22)11-17(25-2)23-15-10-6-4-8-13(15)19-21-23/h3-10,16-17H,11H2,1-2H3. The monoisotopic (exact) mass is 338 g/mol. The molecule has 0 fully saturated rings. The van der Waals surface area contributed by atoms with E-state index in [0.717, 1.165) is 22.1 Å². The quantitative estimate of drug-likeness (QED) is 0.537. The molecular weight excluding hydrogens is 320 g/mol. The van der Waals surface area contributed by atoms with E-state index >= 15 is 0 Å². The number of aromatic nitrogens is 6. The number of methoxy groups -OCH3 is 2. The highest BCUT2D eigenvalue weighted by Gasteiger charge is 2.23. The van der Waals surface area contributed by atoms with Gasteiger partial charge in [-0.25, -0.2) is 9.36 Å². The lowest BCUT2D eigenvalue weighted by molar-refractivity contribution is -0.0509. The lowest BCUT2D eigenvalue weighted by Crippen LogP contribution is -2.21. The van der Waals surface area contributed by atoms with Crippen molar-refractivity contribution in [3.63, 3.8) is 0 Å². The second kappa shape index (κ2) is 6.58. The second-order valence-electron chi connectivity index (χ2n) is 5.66. The van der Waals surface area contributed by atoms with Crippen LogP contribution < -0.4 is 0 Å². The molecule has 0 saturated heterocycles. The molecule has 0 spiro atoms. The lowest BCUT2D eigenvalue weighted by Gasteiger charge is -2.22. The molecule has 2 heterocycles. The normalized spacial score (nSPS) is 14.2. The molecule has 0 aliphatic carbocycles. The van der Waals surface area contributed by atoms with Gasteiger partial charge in [0.15, 0.2) is 12.5 Å². The maximum absolute atomic E-state index is 5.66.